The summed E-state index contributed by atoms with van der Waals surface area (Å²) in [6.45, 7) is 9.14. The van der Waals surface area contributed by atoms with Crippen LogP contribution in [-0.2, 0) is 16.7 Å². The maximum Gasteiger partial charge on any atom is 0.226 e. The second kappa shape index (κ2) is 6.12. The molecule has 0 amide bonds. The molecule has 0 radical (unpaired) electrons. The van der Waals surface area contributed by atoms with Crippen LogP contribution in [0.4, 0.5) is 0 Å². The van der Waals surface area contributed by atoms with Crippen molar-refractivity contribution < 1.29 is 9.26 Å². The van der Waals surface area contributed by atoms with Crippen LogP contribution >= 0.6 is 0 Å². The highest BCUT2D eigenvalue weighted by Gasteiger charge is 2.27. The summed E-state index contributed by atoms with van der Waals surface area (Å²) < 4.78 is 10.5. The molecule has 0 aromatic carbocycles. The van der Waals surface area contributed by atoms with Gasteiger partial charge in [0.1, 0.15) is 5.54 Å². The molecule has 5 nitrogen and oxygen atoms in total. The summed E-state index contributed by atoms with van der Waals surface area (Å²) >= 11 is 0. The molecule has 1 aromatic rings. The molecule has 0 fully saturated rings. The maximum atomic E-state index is 6.08. The number of nitrogens with zero attached hydrogens (tertiary/aromatic N) is 2. The molecule has 0 aliphatic carbocycles. The van der Waals surface area contributed by atoms with E-state index in [1.165, 1.54) is 0 Å². The van der Waals surface area contributed by atoms with Crippen LogP contribution in [0.2, 0.25) is 0 Å². The van der Waals surface area contributed by atoms with Crippen LogP contribution in [0, 0.1) is 5.92 Å². The Morgan fingerprint density at radius 1 is 1.47 bits per heavy atom. The van der Waals surface area contributed by atoms with Gasteiger partial charge in [-0.15, -0.1) is 0 Å². The normalized spacial score (nSPS) is 15.2. The zero-order valence-electron chi connectivity index (χ0n) is 11.2. The fourth-order valence-electron chi connectivity index (χ4n) is 1.38. The summed E-state index contributed by atoms with van der Waals surface area (Å²) in [6.07, 6.45) is 1.84. The third-order valence-electron chi connectivity index (χ3n) is 2.52. The van der Waals surface area contributed by atoms with Gasteiger partial charge in [-0.1, -0.05) is 19.0 Å². The summed E-state index contributed by atoms with van der Waals surface area (Å²) in [6, 6.07) is 0. The van der Waals surface area contributed by atoms with Crippen molar-refractivity contribution in [3.05, 3.63) is 11.7 Å². The van der Waals surface area contributed by atoms with Gasteiger partial charge in [0.05, 0.1) is 6.61 Å². The lowest BCUT2D eigenvalue weighted by molar-refractivity contribution is 0.0962. The molecule has 5 heteroatoms. The Balaban J connectivity index is 2.59. The lowest BCUT2D eigenvalue weighted by Crippen LogP contribution is -2.39. The van der Waals surface area contributed by atoms with Crippen molar-refractivity contribution in [2.24, 2.45) is 11.7 Å². The van der Waals surface area contributed by atoms with Crippen LogP contribution in [0.5, 0.6) is 0 Å². The second-order valence-corrected chi connectivity index (χ2v) is 5.00. The Bertz CT molecular complexity index is 334. The number of aromatic nitrogens is 2. The number of ether oxygens (including phenoxy) is 1. The second-order valence-electron chi connectivity index (χ2n) is 5.00. The highest BCUT2D eigenvalue weighted by molar-refractivity contribution is 5.01. The largest absolute Gasteiger partial charge is 0.379 e. The molecule has 98 valence electrons. The van der Waals surface area contributed by atoms with Gasteiger partial charge in [0.25, 0.3) is 0 Å². The third kappa shape index (κ3) is 4.44. The summed E-state index contributed by atoms with van der Waals surface area (Å²) in [7, 11) is 0. The van der Waals surface area contributed by atoms with Crippen LogP contribution in [0.25, 0.3) is 0 Å². The van der Waals surface area contributed by atoms with Gasteiger partial charge in [-0.25, -0.2) is 0 Å². The Labute approximate surface area is 103 Å². The average molecular weight is 241 g/mol. The van der Waals surface area contributed by atoms with Gasteiger partial charge in [-0.2, -0.15) is 4.98 Å². The Morgan fingerprint density at radius 2 is 2.18 bits per heavy atom. The van der Waals surface area contributed by atoms with E-state index in [1.54, 1.807) is 0 Å². The predicted octanol–water partition coefficient (Wildman–Crippen LogP) is 1.87. The van der Waals surface area contributed by atoms with E-state index in [9.17, 15) is 0 Å². The number of nitrogens with two attached hydrogens (primary N) is 1. The van der Waals surface area contributed by atoms with Crippen molar-refractivity contribution >= 4 is 0 Å². The topological polar surface area (TPSA) is 74.2 Å². The predicted molar refractivity (Wildman–Crippen MR) is 65.5 cm³/mol. The Kier molecular flexibility index (Phi) is 5.08. The molecule has 0 saturated carbocycles. The van der Waals surface area contributed by atoms with E-state index in [1.807, 2.05) is 13.8 Å². The smallest absolute Gasteiger partial charge is 0.226 e. The quantitative estimate of drug-likeness (QED) is 0.788. The SMILES string of the molecule is CCOCC(C)(N)c1noc(CCC(C)C)n1. The first-order valence-corrected chi connectivity index (χ1v) is 6.15. The van der Waals surface area contributed by atoms with Gasteiger partial charge >= 0.3 is 0 Å². The van der Waals surface area contributed by atoms with E-state index in [0.717, 1.165) is 12.8 Å². The molecule has 0 spiro atoms. The molecule has 0 saturated heterocycles. The fraction of sp³-hybridized carbons (Fsp3) is 0.833. The molecule has 1 atom stereocenters. The van der Waals surface area contributed by atoms with Gasteiger partial charge < -0.3 is 15.0 Å². The van der Waals surface area contributed by atoms with Crippen molar-refractivity contribution in [1.29, 1.82) is 0 Å². The molecule has 1 rings (SSSR count). The first-order valence-electron chi connectivity index (χ1n) is 6.15. The van der Waals surface area contributed by atoms with E-state index in [2.05, 4.69) is 24.0 Å². The highest BCUT2D eigenvalue weighted by Crippen LogP contribution is 2.16. The van der Waals surface area contributed by atoms with Crippen LogP contribution < -0.4 is 5.73 Å². The molecule has 17 heavy (non-hydrogen) atoms. The lowest BCUT2D eigenvalue weighted by Gasteiger charge is -2.19. The van der Waals surface area contributed by atoms with Crippen LogP contribution in [0.3, 0.4) is 0 Å². The van der Waals surface area contributed by atoms with Crippen molar-refractivity contribution in [2.45, 2.75) is 46.1 Å². The zero-order valence-corrected chi connectivity index (χ0v) is 11.2. The van der Waals surface area contributed by atoms with E-state index in [-0.39, 0.29) is 0 Å². The fourth-order valence-corrected chi connectivity index (χ4v) is 1.38. The molecule has 2 N–H and O–H groups in total. The van der Waals surface area contributed by atoms with Crippen molar-refractivity contribution in [1.82, 2.24) is 10.1 Å². The minimum Gasteiger partial charge on any atom is -0.379 e. The van der Waals surface area contributed by atoms with Gasteiger partial charge in [0, 0.05) is 13.0 Å². The first kappa shape index (κ1) is 14.1. The Hall–Kier alpha value is -0.940. The number of rotatable bonds is 7. The molecular weight excluding hydrogens is 218 g/mol. The van der Waals surface area contributed by atoms with E-state index < -0.39 is 5.54 Å². The maximum absolute atomic E-state index is 6.08. The number of hydrogen-bond donors (Lipinski definition) is 1. The summed E-state index contributed by atoms with van der Waals surface area (Å²) in [5.74, 6) is 1.80. The van der Waals surface area contributed by atoms with Crippen molar-refractivity contribution in [2.75, 3.05) is 13.2 Å². The zero-order chi connectivity index (χ0) is 12.9. The van der Waals surface area contributed by atoms with Gasteiger partial charge in [0.15, 0.2) is 5.82 Å². The molecule has 0 bridgehead atoms. The Morgan fingerprint density at radius 3 is 2.76 bits per heavy atom. The minimum atomic E-state index is -0.685. The molecule has 1 unspecified atom stereocenters. The number of aryl methyl sites for hydroxylation is 1. The molecule has 1 aromatic heterocycles. The monoisotopic (exact) mass is 241 g/mol. The summed E-state index contributed by atoms with van der Waals surface area (Å²) in [5.41, 5.74) is 5.40. The van der Waals surface area contributed by atoms with Crippen LogP contribution in [0.1, 0.15) is 45.8 Å². The van der Waals surface area contributed by atoms with E-state index in [4.69, 9.17) is 15.0 Å². The average Bonchev–Trinajstić information content (AvgIpc) is 2.73. The summed E-state index contributed by atoms with van der Waals surface area (Å²) in [5, 5.41) is 3.93. The molecular formula is C12H23N3O2. The minimum absolute atomic E-state index is 0.395. The van der Waals surface area contributed by atoms with E-state index >= 15 is 0 Å². The van der Waals surface area contributed by atoms with Gasteiger partial charge in [0.2, 0.25) is 5.89 Å². The standard InChI is InChI=1S/C12H23N3O2/c1-5-16-8-12(4,13)11-14-10(17-15-11)7-6-9(2)3/h9H,5-8,13H2,1-4H3. The first-order chi connectivity index (χ1) is 7.95. The van der Waals surface area contributed by atoms with Crippen LogP contribution in [0.15, 0.2) is 4.52 Å². The molecule has 0 aliphatic heterocycles. The van der Waals surface area contributed by atoms with Crippen molar-refractivity contribution in [3.63, 3.8) is 0 Å². The highest BCUT2D eigenvalue weighted by atomic mass is 16.5. The summed E-state index contributed by atoms with van der Waals surface area (Å²) in [4.78, 5) is 4.32. The van der Waals surface area contributed by atoms with Gasteiger partial charge in [-0.05, 0) is 26.2 Å². The molecule has 1 heterocycles. The van der Waals surface area contributed by atoms with Crippen LogP contribution in [-0.4, -0.2) is 23.4 Å². The van der Waals surface area contributed by atoms with Gasteiger partial charge in [-0.3, -0.25) is 0 Å². The van der Waals surface area contributed by atoms with E-state index in [0.29, 0.717) is 30.8 Å². The van der Waals surface area contributed by atoms with Crippen molar-refractivity contribution in [3.8, 4) is 0 Å². The molecule has 0 aliphatic rings. The number of hydrogen-bond acceptors (Lipinski definition) is 5. The third-order valence-corrected chi connectivity index (χ3v) is 2.52. The lowest BCUT2D eigenvalue weighted by atomic mass is 10.1.